The lowest BCUT2D eigenvalue weighted by atomic mass is 9.89. The number of methoxy groups -OCH3 is 1. The van der Waals surface area contributed by atoms with Crippen molar-refractivity contribution in [2.24, 2.45) is 5.14 Å². The second kappa shape index (κ2) is 6.68. The van der Waals surface area contributed by atoms with E-state index in [1.54, 1.807) is 18.2 Å². The summed E-state index contributed by atoms with van der Waals surface area (Å²) in [5.74, 6) is 0.479. The van der Waals surface area contributed by atoms with Crippen molar-refractivity contribution in [3.8, 4) is 5.75 Å². The molecule has 1 aromatic carbocycles. The van der Waals surface area contributed by atoms with Crippen LogP contribution in [-0.4, -0.2) is 31.6 Å². The first-order chi connectivity index (χ1) is 9.45. The molecule has 0 saturated heterocycles. The molecule has 0 heterocycles. The molecule has 0 spiro atoms. The van der Waals surface area contributed by atoms with E-state index in [0.717, 1.165) is 0 Å². The molecule has 1 rings (SSSR count). The van der Waals surface area contributed by atoms with Crippen LogP contribution in [0.25, 0.3) is 0 Å². The highest BCUT2D eigenvalue weighted by Gasteiger charge is 2.38. The Morgan fingerprint density at radius 1 is 1.38 bits per heavy atom. The zero-order chi connectivity index (χ0) is 16.3. The fraction of sp³-hybridized carbons (Fsp3) is 0.500. The van der Waals surface area contributed by atoms with Gasteiger partial charge in [0.2, 0.25) is 0 Å². The van der Waals surface area contributed by atoms with E-state index in [1.165, 1.54) is 20.1 Å². The van der Waals surface area contributed by atoms with Crippen LogP contribution in [0.2, 0.25) is 0 Å². The van der Waals surface area contributed by atoms with Crippen molar-refractivity contribution in [2.45, 2.75) is 23.3 Å². The number of nitrogens with two attached hydrogens (primary N) is 1. The van der Waals surface area contributed by atoms with Gasteiger partial charge in [-0.15, -0.1) is 23.2 Å². The normalized spacial score (nSPS) is 15.5. The molecule has 0 fully saturated rings. The third-order valence-corrected chi connectivity index (χ3v) is 3.39. The zero-order valence-electron chi connectivity index (χ0n) is 11.5. The van der Waals surface area contributed by atoms with Crippen LogP contribution in [0.15, 0.2) is 24.3 Å². The van der Waals surface area contributed by atoms with Crippen molar-refractivity contribution in [2.75, 3.05) is 13.7 Å². The summed E-state index contributed by atoms with van der Waals surface area (Å²) >= 11 is 11.9. The van der Waals surface area contributed by atoms with E-state index in [-0.39, 0.29) is 6.42 Å². The predicted molar refractivity (Wildman–Crippen MR) is 80.7 cm³/mol. The molecule has 0 saturated carbocycles. The average Bonchev–Trinajstić information content (AvgIpc) is 2.34. The minimum atomic E-state index is -4.21. The van der Waals surface area contributed by atoms with E-state index < -0.39 is 26.8 Å². The highest BCUT2D eigenvalue weighted by molar-refractivity contribution is 7.84. The Labute approximate surface area is 134 Å². The second-order valence-electron chi connectivity index (χ2n) is 4.77. The van der Waals surface area contributed by atoms with Crippen LogP contribution < -0.4 is 9.88 Å². The van der Waals surface area contributed by atoms with Gasteiger partial charge < -0.3 is 9.84 Å². The van der Waals surface area contributed by atoms with Gasteiger partial charge >= 0.3 is 10.3 Å². The quantitative estimate of drug-likeness (QED) is 0.723. The molecule has 0 radical (unpaired) electrons. The van der Waals surface area contributed by atoms with E-state index >= 15 is 0 Å². The summed E-state index contributed by atoms with van der Waals surface area (Å²) in [6.07, 6.45) is -0.175. The van der Waals surface area contributed by atoms with Gasteiger partial charge in [0, 0.05) is 6.42 Å². The lowest BCUT2D eigenvalue weighted by molar-refractivity contribution is -0.0175. The summed E-state index contributed by atoms with van der Waals surface area (Å²) in [5.41, 5.74) is -1.41. The molecule has 1 atom stereocenters. The minimum absolute atomic E-state index is 0.175. The van der Waals surface area contributed by atoms with Gasteiger partial charge in [0.15, 0.2) is 0 Å². The van der Waals surface area contributed by atoms with Gasteiger partial charge in [0.05, 0.1) is 7.11 Å². The Morgan fingerprint density at radius 2 is 2.00 bits per heavy atom. The predicted octanol–water partition coefficient (Wildman–Crippen LogP) is 1.69. The van der Waals surface area contributed by atoms with E-state index in [0.29, 0.717) is 11.3 Å². The van der Waals surface area contributed by atoms with Crippen LogP contribution in [-0.2, 0) is 20.1 Å². The van der Waals surface area contributed by atoms with Gasteiger partial charge in [-0.05, 0) is 24.6 Å². The van der Waals surface area contributed by atoms with Gasteiger partial charge in [-0.1, -0.05) is 12.1 Å². The third-order valence-electron chi connectivity index (χ3n) is 2.67. The Bertz CT molecular complexity index is 588. The number of ether oxygens (including phenoxy) is 1. The SMILES string of the molecule is COc1cccc(C(O)(COS(N)(=O)=O)CC(C)(Cl)Cl)c1. The summed E-state index contributed by atoms with van der Waals surface area (Å²) in [4.78, 5) is 0. The molecule has 9 heteroatoms. The van der Waals surface area contributed by atoms with Crippen LogP contribution in [0.1, 0.15) is 18.9 Å². The first-order valence-electron chi connectivity index (χ1n) is 5.87. The molecular weight excluding hydrogens is 341 g/mol. The van der Waals surface area contributed by atoms with Gasteiger partial charge in [-0.3, -0.25) is 4.18 Å². The van der Waals surface area contributed by atoms with Gasteiger partial charge in [-0.25, -0.2) is 5.14 Å². The lowest BCUT2D eigenvalue weighted by Gasteiger charge is -2.32. The summed E-state index contributed by atoms with van der Waals surface area (Å²) in [5, 5.41) is 15.5. The molecule has 6 nitrogen and oxygen atoms in total. The number of halogens is 2. The van der Waals surface area contributed by atoms with Crippen LogP contribution >= 0.6 is 23.2 Å². The average molecular weight is 358 g/mol. The van der Waals surface area contributed by atoms with Crippen molar-refractivity contribution in [1.29, 1.82) is 0 Å². The Kier molecular flexibility index (Phi) is 5.88. The maximum atomic E-state index is 11.0. The first-order valence-corrected chi connectivity index (χ1v) is 8.10. The molecule has 1 aromatic rings. The third kappa shape index (κ3) is 6.37. The molecule has 0 aliphatic heterocycles. The highest BCUT2D eigenvalue weighted by atomic mass is 35.5. The lowest BCUT2D eigenvalue weighted by Crippen LogP contribution is -2.38. The Hall–Kier alpha value is -0.570. The zero-order valence-corrected chi connectivity index (χ0v) is 13.9. The molecular formula is C12H17Cl2NO5S. The summed E-state index contributed by atoms with van der Waals surface area (Å²) in [7, 11) is -2.75. The van der Waals surface area contributed by atoms with Crippen LogP contribution in [0.4, 0.5) is 0 Å². The van der Waals surface area contributed by atoms with Crippen molar-refractivity contribution >= 4 is 33.5 Å². The number of hydrogen-bond acceptors (Lipinski definition) is 5. The molecule has 0 amide bonds. The molecule has 0 aliphatic rings. The second-order valence-corrected chi connectivity index (χ2v) is 7.85. The molecule has 0 bridgehead atoms. The van der Waals surface area contributed by atoms with Crippen LogP contribution in [0, 0.1) is 0 Å². The number of rotatable bonds is 7. The summed E-state index contributed by atoms with van der Waals surface area (Å²) in [6.45, 7) is 0.853. The maximum absolute atomic E-state index is 11.0. The van der Waals surface area contributed by atoms with Gasteiger partial charge in [0.1, 0.15) is 22.3 Å². The Balaban J connectivity index is 3.16. The van der Waals surface area contributed by atoms with E-state index in [1.807, 2.05) is 0 Å². The van der Waals surface area contributed by atoms with E-state index in [2.05, 4.69) is 4.18 Å². The number of alkyl halides is 2. The molecule has 0 aliphatic carbocycles. The van der Waals surface area contributed by atoms with Gasteiger partial charge in [-0.2, -0.15) is 8.42 Å². The fourth-order valence-corrected chi connectivity index (χ4v) is 2.64. The monoisotopic (exact) mass is 357 g/mol. The first kappa shape index (κ1) is 18.5. The minimum Gasteiger partial charge on any atom is -0.497 e. The topological polar surface area (TPSA) is 98.8 Å². The summed E-state index contributed by atoms with van der Waals surface area (Å²) < 4.78 is 30.2. The van der Waals surface area contributed by atoms with Crippen LogP contribution in [0.3, 0.4) is 0 Å². The molecule has 120 valence electrons. The van der Waals surface area contributed by atoms with Crippen LogP contribution in [0.5, 0.6) is 5.75 Å². The molecule has 21 heavy (non-hydrogen) atoms. The molecule has 1 unspecified atom stereocenters. The smallest absolute Gasteiger partial charge is 0.333 e. The maximum Gasteiger partial charge on any atom is 0.333 e. The fourth-order valence-electron chi connectivity index (χ4n) is 1.84. The van der Waals surface area contributed by atoms with Crippen molar-refractivity contribution in [1.82, 2.24) is 0 Å². The van der Waals surface area contributed by atoms with E-state index in [9.17, 15) is 13.5 Å². The van der Waals surface area contributed by atoms with Crippen molar-refractivity contribution in [3.63, 3.8) is 0 Å². The highest BCUT2D eigenvalue weighted by Crippen LogP contribution is 2.38. The molecule has 0 aromatic heterocycles. The number of aliphatic hydroxyl groups is 1. The van der Waals surface area contributed by atoms with Gasteiger partial charge in [0.25, 0.3) is 0 Å². The van der Waals surface area contributed by atoms with E-state index in [4.69, 9.17) is 33.1 Å². The number of hydrogen-bond donors (Lipinski definition) is 2. The van der Waals surface area contributed by atoms with Crippen molar-refractivity contribution < 1.29 is 22.4 Å². The largest absolute Gasteiger partial charge is 0.497 e. The number of benzene rings is 1. The summed E-state index contributed by atoms with van der Waals surface area (Å²) in [6, 6.07) is 6.42. The Morgan fingerprint density at radius 3 is 2.48 bits per heavy atom. The standard InChI is InChI=1S/C12H17Cl2NO5S/c1-11(13,14)7-12(16,8-20-21(15,17)18)9-4-3-5-10(6-9)19-2/h3-6,16H,7-8H2,1-2H3,(H2,15,17,18). The molecule has 3 N–H and O–H groups in total. The van der Waals surface area contributed by atoms with Crippen molar-refractivity contribution in [3.05, 3.63) is 29.8 Å².